The summed E-state index contributed by atoms with van der Waals surface area (Å²) in [6, 6.07) is 16.8. The fourth-order valence-corrected chi connectivity index (χ4v) is 2.78. The number of nitrogens with one attached hydrogen (secondary N) is 1. The van der Waals surface area contributed by atoms with Crippen LogP contribution in [0.15, 0.2) is 59.7 Å². The minimum absolute atomic E-state index is 0.0940. The molecule has 128 valence electrons. The van der Waals surface area contributed by atoms with Gasteiger partial charge in [-0.15, -0.1) is 0 Å². The molecule has 0 aromatic heterocycles. The molecule has 1 aliphatic heterocycles. The van der Waals surface area contributed by atoms with Crippen LogP contribution in [0.25, 0.3) is 0 Å². The van der Waals surface area contributed by atoms with Gasteiger partial charge in [-0.2, -0.15) is 5.10 Å². The third-order valence-corrected chi connectivity index (χ3v) is 4.24. The van der Waals surface area contributed by atoms with Crippen LogP contribution in [0, 0.1) is 0 Å². The molecule has 0 bridgehead atoms. The van der Waals surface area contributed by atoms with Crippen LogP contribution in [-0.4, -0.2) is 29.1 Å². The number of benzene rings is 2. The fraction of sp³-hybridized carbons (Fsp3) is 0.211. The van der Waals surface area contributed by atoms with Crippen molar-refractivity contribution in [1.82, 2.24) is 5.01 Å². The molecule has 3 rings (SSSR count). The normalized spacial score (nSPS) is 13.5. The summed E-state index contributed by atoms with van der Waals surface area (Å²) < 4.78 is 0. The lowest BCUT2D eigenvalue weighted by Gasteiger charge is -2.11. The first-order valence-corrected chi connectivity index (χ1v) is 8.49. The summed E-state index contributed by atoms with van der Waals surface area (Å²) in [4.78, 5) is 24.3. The Morgan fingerprint density at radius 1 is 1.04 bits per heavy atom. The van der Waals surface area contributed by atoms with Crippen LogP contribution in [0.2, 0.25) is 5.02 Å². The Morgan fingerprint density at radius 2 is 1.76 bits per heavy atom. The van der Waals surface area contributed by atoms with Crippen molar-refractivity contribution in [2.45, 2.75) is 19.3 Å². The molecule has 0 radical (unpaired) electrons. The second kappa shape index (κ2) is 7.94. The van der Waals surface area contributed by atoms with Gasteiger partial charge in [0.2, 0.25) is 11.8 Å². The summed E-state index contributed by atoms with van der Waals surface area (Å²) in [5.41, 5.74) is 2.47. The summed E-state index contributed by atoms with van der Waals surface area (Å²) in [7, 11) is 0. The highest BCUT2D eigenvalue weighted by atomic mass is 35.5. The standard InChI is InChI=1S/C19H18ClN3O2/c20-15-8-4-5-9-17(15)21-18(24)10-11-19(25)23-13-12-16(22-23)14-6-2-1-3-7-14/h1-9H,10-13H2,(H,21,24). The van der Waals surface area contributed by atoms with Crippen LogP contribution in [0.4, 0.5) is 5.69 Å². The van der Waals surface area contributed by atoms with Crippen LogP contribution < -0.4 is 5.32 Å². The molecule has 0 saturated carbocycles. The van der Waals surface area contributed by atoms with Gasteiger partial charge in [-0.25, -0.2) is 5.01 Å². The van der Waals surface area contributed by atoms with Crippen LogP contribution in [0.1, 0.15) is 24.8 Å². The fourth-order valence-electron chi connectivity index (χ4n) is 2.60. The second-order valence-corrected chi connectivity index (χ2v) is 6.11. The molecule has 0 atom stereocenters. The predicted molar refractivity (Wildman–Crippen MR) is 98.6 cm³/mol. The van der Waals surface area contributed by atoms with Crippen molar-refractivity contribution in [2.75, 3.05) is 11.9 Å². The average molecular weight is 356 g/mol. The van der Waals surface area contributed by atoms with Crippen molar-refractivity contribution >= 4 is 34.8 Å². The highest BCUT2D eigenvalue weighted by molar-refractivity contribution is 6.33. The monoisotopic (exact) mass is 355 g/mol. The lowest BCUT2D eigenvalue weighted by atomic mass is 10.1. The molecule has 5 nitrogen and oxygen atoms in total. The number of amides is 2. The van der Waals surface area contributed by atoms with E-state index in [-0.39, 0.29) is 24.7 Å². The van der Waals surface area contributed by atoms with E-state index >= 15 is 0 Å². The molecular formula is C19H18ClN3O2. The molecule has 0 fully saturated rings. The highest BCUT2D eigenvalue weighted by Crippen LogP contribution is 2.21. The Morgan fingerprint density at radius 3 is 2.52 bits per heavy atom. The summed E-state index contributed by atoms with van der Waals surface area (Å²) in [6.07, 6.45) is 0.931. The zero-order valence-electron chi connectivity index (χ0n) is 13.6. The van der Waals surface area contributed by atoms with Gasteiger partial charge in [-0.3, -0.25) is 9.59 Å². The number of nitrogens with zero attached hydrogens (tertiary/aromatic N) is 2. The van der Waals surface area contributed by atoms with E-state index in [2.05, 4.69) is 10.4 Å². The Hall–Kier alpha value is -2.66. The maximum atomic E-state index is 12.3. The average Bonchev–Trinajstić information content (AvgIpc) is 3.13. The van der Waals surface area contributed by atoms with Crippen molar-refractivity contribution in [2.24, 2.45) is 5.10 Å². The third kappa shape index (κ3) is 4.45. The Bertz CT molecular complexity index is 805. The second-order valence-electron chi connectivity index (χ2n) is 5.71. The summed E-state index contributed by atoms with van der Waals surface area (Å²) in [6.45, 7) is 0.551. The van der Waals surface area contributed by atoms with Crippen LogP contribution in [-0.2, 0) is 9.59 Å². The largest absolute Gasteiger partial charge is 0.325 e. The van der Waals surface area contributed by atoms with E-state index in [0.717, 1.165) is 17.7 Å². The number of para-hydroxylation sites is 1. The highest BCUT2D eigenvalue weighted by Gasteiger charge is 2.21. The van der Waals surface area contributed by atoms with Gasteiger partial charge in [-0.1, -0.05) is 54.1 Å². The van der Waals surface area contributed by atoms with Gasteiger partial charge < -0.3 is 5.32 Å². The van der Waals surface area contributed by atoms with Gasteiger partial charge >= 0.3 is 0 Å². The number of rotatable bonds is 5. The van der Waals surface area contributed by atoms with Crippen LogP contribution >= 0.6 is 11.6 Å². The summed E-state index contributed by atoms with van der Waals surface area (Å²) in [5, 5.41) is 9.02. The minimum atomic E-state index is -0.243. The Kier molecular flexibility index (Phi) is 5.46. The molecule has 1 heterocycles. The maximum absolute atomic E-state index is 12.3. The predicted octanol–water partition coefficient (Wildman–Crippen LogP) is 3.70. The van der Waals surface area contributed by atoms with E-state index in [1.54, 1.807) is 24.3 Å². The Labute approximate surface area is 151 Å². The number of hydrazone groups is 1. The van der Waals surface area contributed by atoms with Gasteiger partial charge in [0.05, 0.1) is 23.0 Å². The maximum Gasteiger partial charge on any atom is 0.243 e. The number of carbonyl (C=O) groups is 2. The molecule has 1 N–H and O–H groups in total. The van der Waals surface area contributed by atoms with Crippen LogP contribution in [0.5, 0.6) is 0 Å². The van der Waals surface area contributed by atoms with Gasteiger partial charge in [-0.05, 0) is 17.7 Å². The lowest BCUT2D eigenvalue weighted by molar-refractivity contribution is -0.132. The number of anilines is 1. The van der Waals surface area contributed by atoms with Crippen LogP contribution in [0.3, 0.4) is 0 Å². The molecule has 0 saturated heterocycles. The van der Waals surface area contributed by atoms with E-state index in [9.17, 15) is 9.59 Å². The van der Waals surface area contributed by atoms with E-state index in [0.29, 0.717) is 17.3 Å². The molecule has 1 aliphatic rings. The zero-order valence-corrected chi connectivity index (χ0v) is 14.4. The molecule has 0 spiro atoms. The number of hydrogen-bond acceptors (Lipinski definition) is 3. The van der Waals surface area contributed by atoms with Crippen molar-refractivity contribution < 1.29 is 9.59 Å². The number of hydrogen-bond donors (Lipinski definition) is 1. The van der Waals surface area contributed by atoms with Gasteiger partial charge in [0.25, 0.3) is 0 Å². The first-order chi connectivity index (χ1) is 12.1. The first kappa shape index (κ1) is 17.2. The van der Waals surface area contributed by atoms with Crippen molar-refractivity contribution in [3.63, 3.8) is 0 Å². The van der Waals surface area contributed by atoms with E-state index in [1.165, 1.54) is 5.01 Å². The zero-order chi connectivity index (χ0) is 17.6. The minimum Gasteiger partial charge on any atom is -0.325 e. The molecule has 0 aliphatic carbocycles. The number of halogens is 1. The molecule has 25 heavy (non-hydrogen) atoms. The summed E-state index contributed by atoms with van der Waals surface area (Å²) >= 11 is 6.00. The van der Waals surface area contributed by atoms with Gasteiger partial charge in [0, 0.05) is 19.3 Å². The molecule has 6 heteroatoms. The van der Waals surface area contributed by atoms with Gasteiger partial charge in [0.1, 0.15) is 0 Å². The topological polar surface area (TPSA) is 61.8 Å². The molecule has 2 aromatic carbocycles. The third-order valence-electron chi connectivity index (χ3n) is 3.91. The Balaban J connectivity index is 1.52. The molecule has 0 unspecified atom stereocenters. The lowest BCUT2D eigenvalue weighted by Crippen LogP contribution is -2.25. The SMILES string of the molecule is O=C(CCC(=O)N1CCC(c2ccccc2)=N1)Nc1ccccc1Cl. The van der Waals surface area contributed by atoms with Crippen molar-refractivity contribution in [3.8, 4) is 0 Å². The smallest absolute Gasteiger partial charge is 0.243 e. The van der Waals surface area contributed by atoms with Crippen molar-refractivity contribution in [3.05, 3.63) is 65.2 Å². The van der Waals surface area contributed by atoms with Crippen molar-refractivity contribution in [1.29, 1.82) is 0 Å². The molecular weight excluding hydrogens is 338 g/mol. The van der Waals surface area contributed by atoms with E-state index in [4.69, 9.17) is 11.6 Å². The summed E-state index contributed by atoms with van der Waals surface area (Å²) in [5.74, 6) is -0.395. The van der Waals surface area contributed by atoms with E-state index in [1.807, 2.05) is 30.3 Å². The number of carbonyl (C=O) groups excluding carboxylic acids is 2. The molecule has 2 aromatic rings. The van der Waals surface area contributed by atoms with E-state index < -0.39 is 0 Å². The molecule has 2 amide bonds. The quantitative estimate of drug-likeness (QED) is 0.889. The first-order valence-electron chi connectivity index (χ1n) is 8.11. The van der Waals surface area contributed by atoms with Gasteiger partial charge in [0.15, 0.2) is 0 Å².